The number of hydrogen-bond acceptors (Lipinski definition) is 3. The molecule has 0 saturated heterocycles. The Bertz CT molecular complexity index is 1610. The topological polar surface area (TPSA) is 25.8 Å². The molecule has 0 fully saturated rings. The van der Waals surface area contributed by atoms with E-state index < -0.39 is 0 Å². The SMILES string of the molecule is Clc1cc(Br)cc(-c2nc(-c3ccc(-c4ccccc4)cc3)c3sc4ccccc4c3n2)c1. The summed E-state index contributed by atoms with van der Waals surface area (Å²) in [5.41, 5.74) is 6.23. The van der Waals surface area contributed by atoms with Crippen LogP contribution in [0.5, 0.6) is 0 Å². The molecule has 2 nitrogen and oxygen atoms in total. The highest BCUT2D eigenvalue weighted by atomic mass is 79.9. The predicted octanol–water partition coefficient (Wildman–Crippen LogP) is 9.26. The van der Waals surface area contributed by atoms with Crippen LogP contribution in [0.4, 0.5) is 0 Å². The summed E-state index contributed by atoms with van der Waals surface area (Å²) in [4.78, 5) is 10.0. The van der Waals surface area contributed by atoms with E-state index in [0.29, 0.717) is 10.8 Å². The summed E-state index contributed by atoms with van der Waals surface area (Å²) in [5.74, 6) is 0.663. The van der Waals surface area contributed by atoms with Gasteiger partial charge in [0.2, 0.25) is 0 Å². The Hall–Kier alpha value is -3.05. The third-order valence-electron chi connectivity index (χ3n) is 5.61. The normalized spacial score (nSPS) is 11.3. The largest absolute Gasteiger partial charge is 0.226 e. The van der Waals surface area contributed by atoms with Crippen LogP contribution in [0.3, 0.4) is 0 Å². The van der Waals surface area contributed by atoms with Crippen molar-refractivity contribution in [3.05, 3.63) is 107 Å². The Balaban J connectivity index is 1.59. The summed E-state index contributed by atoms with van der Waals surface area (Å²) in [6.45, 7) is 0. The molecule has 0 unspecified atom stereocenters. The molecule has 0 radical (unpaired) electrons. The lowest BCUT2D eigenvalue weighted by Crippen LogP contribution is -1.94. The molecule has 2 heterocycles. The molecule has 0 N–H and O–H groups in total. The van der Waals surface area contributed by atoms with Gasteiger partial charge in [0.1, 0.15) is 0 Å². The molecule has 0 saturated carbocycles. The van der Waals surface area contributed by atoms with Gasteiger partial charge in [-0.05, 0) is 35.4 Å². The average Bonchev–Trinajstić information content (AvgIpc) is 3.22. The highest BCUT2D eigenvalue weighted by Crippen LogP contribution is 2.40. The second kappa shape index (κ2) is 8.38. The van der Waals surface area contributed by atoms with E-state index >= 15 is 0 Å². The van der Waals surface area contributed by atoms with Gasteiger partial charge < -0.3 is 0 Å². The smallest absolute Gasteiger partial charge is 0.160 e. The van der Waals surface area contributed by atoms with E-state index in [-0.39, 0.29) is 0 Å². The minimum absolute atomic E-state index is 0.645. The van der Waals surface area contributed by atoms with Crippen molar-refractivity contribution in [1.82, 2.24) is 9.97 Å². The number of thiophene rings is 1. The Kier molecular flexibility index (Phi) is 5.22. The Morgan fingerprint density at radius 3 is 2.15 bits per heavy atom. The fraction of sp³-hybridized carbons (Fsp3) is 0. The van der Waals surface area contributed by atoms with Gasteiger partial charge in [-0.15, -0.1) is 11.3 Å². The maximum absolute atomic E-state index is 6.34. The monoisotopic (exact) mass is 526 g/mol. The van der Waals surface area contributed by atoms with Crippen LogP contribution in [0.2, 0.25) is 5.02 Å². The summed E-state index contributed by atoms with van der Waals surface area (Å²) in [6, 6.07) is 33.2. The van der Waals surface area contributed by atoms with Crippen molar-refractivity contribution in [2.75, 3.05) is 0 Å². The zero-order valence-corrected chi connectivity index (χ0v) is 20.5. The molecule has 0 spiro atoms. The number of hydrogen-bond donors (Lipinski definition) is 0. The molecule has 4 aromatic carbocycles. The predicted molar refractivity (Wildman–Crippen MR) is 144 cm³/mol. The fourth-order valence-corrected chi connectivity index (χ4v) is 6.06. The molecule has 33 heavy (non-hydrogen) atoms. The maximum Gasteiger partial charge on any atom is 0.160 e. The molecule has 6 aromatic rings. The molecule has 158 valence electrons. The van der Waals surface area contributed by atoms with Crippen LogP contribution < -0.4 is 0 Å². The van der Waals surface area contributed by atoms with Gasteiger partial charge in [-0.2, -0.15) is 0 Å². The number of fused-ring (bicyclic) bond motifs is 3. The zero-order valence-electron chi connectivity index (χ0n) is 17.3. The summed E-state index contributed by atoms with van der Waals surface area (Å²) in [5, 5.41) is 1.79. The molecule has 5 heteroatoms. The Morgan fingerprint density at radius 2 is 1.36 bits per heavy atom. The van der Waals surface area contributed by atoms with Gasteiger partial charge in [-0.3, -0.25) is 0 Å². The van der Waals surface area contributed by atoms with Gasteiger partial charge in [-0.1, -0.05) is 100 Å². The van der Waals surface area contributed by atoms with Crippen LogP contribution in [-0.2, 0) is 0 Å². The van der Waals surface area contributed by atoms with E-state index in [1.54, 1.807) is 11.3 Å². The first kappa shape index (κ1) is 20.5. The van der Waals surface area contributed by atoms with Gasteiger partial charge >= 0.3 is 0 Å². The first-order chi connectivity index (χ1) is 16.2. The van der Waals surface area contributed by atoms with Gasteiger partial charge in [0.25, 0.3) is 0 Å². The number of benzene rings is 4. The first-order valence-electron chi connectivity index (χ1n) is 10.5. The number of nitrogens with zero attached hydrogens (tertiary/aromatic N) is 2. The van der Waals surface area contributed by atoms with Gasteiger partial charge in [-0.25, -0.2) is 9.97 Å². The van der Waals surface area contributed by atoms with Crippen molar-refractivity contribution >= 4 is 59.2 Å². The van der Waals surface area contributed by atoms with Crippen LogP contribution in [0.25, 0.3) is 54.1 Å². The molecule has 0 aliphatic carbocycles. The third kappa shape index (κ3) is 3.84. The van der Waals surface area contributed by atoms with E-state index in [2.05, 4.69) is 88.7 Å². The van der Waals surface area contributed by atoms with Gasteiger partial charge in [0, 0.05) is 30.7 Å². The molecule has 0 amide bonds. The van der Waals surface area contributed by atoms with Crippen molar-refractivity contribution in [2.45, 2.75) is 0 Å². The number of halogens is 2. The van der Waals surface area contributed by atoms with E-state index in [1.165, 1.54) is 15.8 Å². The molecule has 6 rings (SSSR count). The second-order valence-corrected chi connectivity index (χ2v) is 10.2. The summed E-state index contributed by atoms with van der Waals surface area (Å²) >= 11 is 11.6. The average molecular weight is 528 g/mol. The highest BCUT2D eigenvalue weighted by Gasteiger charge is 2.17. The minimum Gasteiger partial charge on any atom is -0.226 e. The van der Waals surface area contributed by atoms with Crippen molar-refractivity contribution in [3.8, 4) is 33.8 Å². The second-order valence-electron chi connectivity index (χ2n) is 7.77. The fourth-order valence-electron chi connectivity index (χ4n) is 4.05. The van der Waals surface area contributed by atoms with E-state index in [1.807, 2.05) is 24.3 Å². The van der Waals surface area contributed by atoms with Crippen LogP contribution in [0.1, 0.15) is 0 Å². The molecule has 0 atom stereocenters. The van der Waals surface area contributed by atoms with Crippen molar-refractivity contribution in [1.29, 1.82) is 0 Å². The lowest BCUT2D eigenvalue weighted by molar-refractivity contribution is 1.24. The number of rotatable bonds is 3. The molecule has 0 aliphatic heterocycles. The van der Waals surface area contributed by atoms with Crippen LogP contribution in [0.15, 0.2) is 102 Å². The van der Waals surface area contributed by atoms with Crippen LogP contribution >= 0.6 is 38.9 Å². The molecular weight excluding hydrogens is 512 g/mol. The maximum atomic E-state index is 6.34. The summed E-state index contributed by atoms with van der Waals surface area (Å²) in [7, 11) is 0. The zero-order chi connectivity index (χ0) is 22.4. The highest BCUT2D eigenvalue weighted by molar-refractivity contribution is 9.10. The summed E-state index contributed by atoms with van der Waals surface area (Å²) in [6.07, 6.45) is 0. The lowest BCUT2D eigenvalue weighted by atomic mass is 10.0. The molecule has 2 aromatic heterocycles. The standard InChI is InChI=1S/C28H16BrClN2S/c29-21-14-20(15-22(30)16-21)28-31-25(27-26(32-28)23-8-4-5-9-24(23)33-27)19-12-10-18(11-13-19)17-6-2-1-3-7-17/h1-16H. The van der Waals surface area contributed by atoms with E-state index in [0.717, 1.165) is 36.9 Å². The van der Waals surface area contributed by atoms with E-state index in [4.69, 9.17) is 21.6 Å². The first-order valence-corrected chi connectivity index (χ1v) is 12.5. The van der Waals surface area contributed by atoms with Crippen LogP contribution in [0, 0.1) is 0 Å². The Labute approximate surface area is 208 Å². The quantitative estimate of drug-likeness (QED) is 0.229. The lowest BCUT2D eigenvalue weighted by Gasteiger charge is -2.09. The van der Waals surface area contributed by atoms with Gasteiger partial charge in [0.15, 0.2) is 5.82 Å². The number of aromatic nitrogens is 2. The van der Waals surface area contributed by atoms with Crippen molar-refractivity contribution in [3.63, 3.8) is 0 Å². The molecular formula is C28H16BrClN2S. The van der Waals surface area contributed by atoms with Crippen molar-refractivity contribution in [2.24, 2.45) is 0 Å². The minimum atomic E-state index is 0.645. The van der Waals surface area contributed by atoms with E-state index in [9.17, 15) is 0 Å². The van der Waals surface area contributed by atoms with Crippen LogP contribution in [-0.4, -0.2) is 9.97 Å². The van der Waals surface area contributed by atoms with Crippen molar-refractivity contribution < 1.29 is 0 Å². The Morgan fingerprint density at radius 1 is 0.667 bits per heavy atom. The molecule has 0 aliphatic rings. The third-order valence-corrected chi connectivity index (χ3v) is 7.45. The molecule has 0 bridgehead atoms. The summed E-state index contributed by atoms with van der Waals surface area (Å²) < 4.78 is 3.19. The van der Waals surface area contributed by atoms with Gasteiger partial charge in [0.05, 0.1) is 15.9 Å².